The third-order valence-corrected chi connectivity index (χ3v) is 7.00. The molecule has 8 nitrogen and oxygen atoms in total. The third-order valence-electron chi connectivity index (χ3n) is 4.94. The fourth-order valence-electron chi connectivity index (χ4n) is 3.05. The maximum atomic E-state index is 13.3. The molecule has 3 aromatic rings. The Morgan fingerprint density at radius 3 is 2.29 bits per heavy atom. The Morgan fingerprint density at radius 2 is 1.68 bits per heavy atom. The number of nitrogens with one attached hydrogen (secondary N) is 1. The monoisotopic (exact) mass is 499 g/mol. The average molecular weight is 500 g/mol. The van der Waals surface area contributed by atoms with Gasteiger partial charge in [0.1, 0.15) is 0 Å². The van der Waals surface area contributed by atoms with Crippen LogP contribution < -0.4 is 5.43 Å². The van der Waals surface area contributed by atoms with Crippen LogP contribution in [0.5, 0.6) is 0 Å². The molecule has 0 radical (unpaired) electrons. The molecule has 0 heterocycles. The van der Waals surface area contributed by atoms with E-state index in [1.54, 1.807) is 12.1 Å². The molecule has 0 atom stereocenters. The van der Waals surface area contributed by atoms with Crippen molar-refractivity contribution in [2.24, 2.45) is 5.10 Å². The van der Waals surface area contributed by atoms with Crippen molar-refractivity contribution in [1.29, 1.82) is 0 Å². The van der Waals surface area contributed by atoms with E-state index < -0.39 is 28.4 Å². The van der Waals surface area contributed by atoms with Gasteiger partial charge in [0.05, 0.1) is 23.2 Å². The molecule has 0 aromatic heterocycles. The van der Waals surface area contributed by atoms with Crippen molar-refractivity contribution in [2.45, 2.75) is 18.4 Å². The number of benzene rings is 3. The lowest BCUT2D eigenvalue weighted by molar-refractivity contribution is -0.121. The summed E-state index contributed by atoms with van der Waals surface area (Å²) in [6, 6.07) is 18.9. The molecule has 0 saturated carbocycles. The zero-order valence-electron chi connectivity index (χ0n) is 18.2. The Labute approximate surface area is 202 Å². The summed E-state index contributed by atoms with van der Waals surface area (Å²) < 4.78 is 27.7. The van der Waals surface area contributed by atoms with E-state index in [2.05, 4.69) is 10.5 Å². The van der Waals surface area contributed by atoms with Crippen LogP contribution in [-0.2, 0) is 21.4 Å². The molecule has 0 aliphatic heterocycles. The molecule has 0 bridgehead atoms. The fourth-order valence-corrected chi connectivity index (χ4v) is 4.55. The van der Waals surface area contributed by atoms with Gasteiger partial charge in [-0.2, -0.15) is 9.41 Å². The van der Waals surface area contributed by atoms with Crippen LogP contribution in [0.4, 0.5) is 0 Å². The van der Waals surface area contributed by atoms with E-state index in [1.807, 2.05) is 19.1 Å². The van der Waals surface area contributed by atoms with Crippen LogP contribution in [0, 0.1) is 6.92 Å². The van der Waals surface area contributed by atoms with Crippen molar-refractivity contribution >= 4 is 39.7 Å². The molecule has 1 amide bonds. The first-order chi connectivity index (χ1) is 16.2. The number of rotatable bonds is 9. The van der Waals surface area contributed by atoms with Crippen molar-refractivity contribution in [3.63, 3.8) is 0 Å². The van der Waals surface area contributed by atoms with Crippen molar-refractivity contribution in [3.05, 3.63) is 100 Å². The summed E-state index contributed by atoms with van der Waals surface area (Å²) in [5.41, 5.74) is 4.66. The van der Waals surface area contributed by atoms with Gasteiger partial charge in [-0.25, -0.2) is 18.6 Å². The fraction of sp³-hybridized carbons (Fsp3) is 0.125. The number of carboxylic acid groups (broad SMARTS) is 1. The Bertz CT molecular complexity index is 1310. The normalized spacial score (nSPS) is 11.6. The molecule has 0 spiro atoms. The summed E-state index contributed by atoms with van der Waals surface area (Å²) >= 11 is 5.89. The standard InChI is InChI=1S/C24H22ClN3O5S/c1-17-4-2-3-5-20(17)15-28(34(32,33)22-12-10-21(25)11-13-22)16-23(29)27-26-14-18-6-8-19(9-7-18)24(30)31/h2-14H,15-16H2,1H3,(H,27,29)(H,30,31)/b26-14-. The number of hydrogen-bond donors (Lipinski definition) is 2. The molecule has 0 saturated heterocycles. The van der Waals surface area contributed by atoms with Gasteiger partial charge in [-0.1, -0.05) is 48.0 Å². The highest BCUT2D eigenvalue weighted by molar-refractivity contribution is 7.89. The summed E-state index contributed by atoms with van der Waals surface area (Å²) in [6.07, 6.45) is 1.34. The summed E-state index contributed by atoms with van der Waals surface area (Å²) in [5.74, 6) is -1.68. The van der Waals surface area contributed by atoms with E-state index in [-0.39, 0.29) is 17.0 Å². The van der Waals surface area contributed by atoms with Crippen LogP contribution in [0.2, 0.25) is 5.02 Å². The number of sulfonamides is 1. The summed E-state index contributed by atoms with van der Waals surface area (Å²) in [4.78, 5) is 23.5. The first kappa shape index (κ1) is 25.1. The lowest BCUT2D eigenvalue weighted by Gasteiger charge is -2.22. The second-order valence-electron chi connectivity index (χ2n) is 7.37. The molecule has 0 fully saturated rings. The predicted octanol–water partition coefficient (Wildman–Crippen LogP) is 3.69. The van der Waals surface area contributed by atoms with E-state index in [1.165, 1.54) is 54.7 Å². The average Bonchev–Trinajstić information content (AvgIpc) is 2.80. The van der Waals surface area contributed by atoms with Gasteiger partial charge in [0, 0.05) is 11.6 Å². The first-order valence-corrected chi connectivity index (χ1v) is 11.9. The lowest BCUT2D eigenvalue weighted by Crippen LogP contribution is -2.39. The van der Waals surface area contributed by atoms with Crippen molar-refractivity contribution in [2.75, 3.05) is 6.54 Å². The van der Waals surface area contributed by atoms with Crippen LogP contribution in [0.1, 0.15) is 27.0 Å². The summed E-state index contributed by atoms with van der Waals surface area (Å²) in [7, 11) is -4.01. The molecule has 2 N–H and O–H groups in total. The minimum Gasteiger partial charge on any atom is -0.478 e. The SMILES string of the molecule is Cc1ccccc1CN(CC(=O)N/N=C\c1ccc(C(=O)O)cc1)S(=O)(=O)c1ccc(Cl)cc1. The van der Waals surface area contributed by atoms with E-state index in [0.29, 0.717) is 10.6 Å². The number of aromatic carboxylic acids is 1. The molecule has 3 rings (SSSR count). The van der Waals surface area contributed by atoms with Gasteiger partial charge in [-0.05, 0) is 60.0 Å². The molecule has 0 aliphatic carbocycles. The molecule has 3 aromatic carbocycles. The summed E-state index contributed by atoms with van der Waals surface area (Å²) in [6.45, 7) is 1.39. The highest BCUT2D eigenvalue weighted by Gasteiger charge is 2.27. The minimum atomic E-state index is -4.01. The highest BCUT2D eigenvalue weighted by Crippen LogP contribution is 2.21. The maximum Gasteiger partial charge on any atom is 0.335 e. The number of carboxylic acids is 1. The summed E-state index contributed by atoms with van der Waals surface area (Å²) in [5, 5.41) is 13.2. The number of aryl methyl sites for hydroxylation is 1. The second kappa shape index (κ2) is 11.1. The number of halogens is 1. The number of nitrogens with zero attached hydrogens (tertiary/aromatic N) is 2. The van der Waals surface area contributed by atoms with Crippen LogP contribution in [-0.4, -0.2) is 42.5 Å². The van der Waals surface area contributed by atoms with Gasteiger partial charge in [-0.15, -0.1) is 0 Å². The first-order valence-electron chi connectivity index (χ1n) is 10.1. The Morgan fingerprint density at radius 1 is 1.03 bits per heavy atom. The molecule has 10 heteroatoms. The zero-order valence-corrected chi connectivity index (χ0v) is 19.8. The van der Waals surface area contributed by atoms with Gasteiger partial charge < -0.3 is 5.11 Å². The molecule has 0 unspecified atom stereocenters. The second-order valence-corrected chi connectivity index (χ2v) is 9.75. The van der Waals surface area contributed by atoms with Crippen molar-refractivity contribution in [1.82, 2.24) is 9.73 Å². The largest absolute Gasteiger partial charge is 0.478 e. The van der Waals surface area contributed by atoms with Gasteiger partial charge in [0.2, 0.25) is 10.0 Å². The Balaban J connectivity index is 1.77. The molecule has 0 aliphatic rings. The predicted molar refractivity (Wildman–Crippen MR) is 129 cm³/mol. The minimum absolute atomic E-state index is 0.00851. The van der Waals surface area contributed by atoms with Gasteiger partial charge >= 0.3 is 5.97 Å². The van der Waals surface area contributed by atoms with Gasteiger partial charge in [-0.3, -0.25) is 4.79 Å². The Hall–Kier alpha value is -3.53. The molecular formula is C24H22ClN3O5S. The van der Waals surface area contributed by atoms with Crippen LogP contribution in [0.15, 0.2) is 82.8 Å². The lowest BCUT2D eigenvalue weighted by atomic mass is 10.1. The third kappa shape index (κ3) is 6.50. The zero-order chi connectivity index (χ0) is 24.7. The smallest absolute Gasteiger partial charge is 0.335 e. The Kier molecular flexibility index (Phi) is 8.17. The quantitative estimate of drug-likeness (QED) is 0.344. The highest BCUT2D eigenvalue weighted by atomic mass is 35.5. The van der Waals surface area contributed by atoms with E-state index in [4.69, 9.17) is 16.7 Å². The molecule has 34 heavy (non-hydrogen) atoms. The van der Waals surface area contributed by atoms with Gasteiger partial charge in [0.15, 0.2) is 0 Å². The van der Waals surface area contributed by atoms with Crippen molar-refractivity contribution in [3.8, 4) is 0 Å². The molecule has 176 valence electrons. The number of carbonyl (C=O) groups is 2. The number of carbonyl (C=O) groups excluding carboxylic acids is 1. The molecular weight excluding hydrogens is 478 g/mol. The van der Waals surface area contributed by atoms with E-state index in [9.17, 15) is 18.0 Å². The maximum absolute atomic E-state index is 13.3. The van der Waals surface area contributed by atoms with E-state index in [0.717, 1.165) is 15.4 Å². The van der Waals surface area contributed by atoms with Crippen LogP contribution >= 0.6 is 11.6 Å². The van der Waals surface area contributed by atoms with Crippen LogP contribution in [0.25, 0.3) is 0 Å². The number of hydrazone groups is 1. The van der Waals surface area contributed by atoms with Gasteiger partial charge in [0.25, 0.3) is 5.91 Å². The van der Waals surface area contributed by atoms with E-state index >= 15 is 0 Å². The number of hydrogen-bond acceptors (Lipinski definition) is 5. The van der Waals surface area contributed by atoms with Crippen molar-refractivity contribution < 1.29 is 23.1 Å². The number of amides is 1. The van der Waals surface area contributed by atoms with Crippen LogP contribution in [0.3, 0.4) is 0 Å². The topological polar surface area (TPSA) is 116 Å².